The van der Waals surface area contributed by atoms with E-state index in [0.717, 1.165) is 23.0 Å². The minimum absolute atomic E-state index is 0.0192. The van der Waals surface area contributed by atoms with Crippen LogP contribution in [0.25, 0.3) is 0 Å². The van der Waals surface area contributed by atoms with Crippen molar-refractivity contribution in [2.24, 2.45) is 0 Å². The molecule has 2 rings (SSSR count). The fourth-order valence-electron chi connectivity index (χ4n) is 1.30. The van der Waals surface area contributed by atoms with Gasteiger partial charge in [-0.1, -0.05) is 12.1 Å². The predicted molar refractivity (Wildman–Crippen MR) is 63.9 cm³/mol. The molecular weight excluding hydrogens is 256 g/mol. The predicted octanol–water partition coefficient (Wildman–Crippen LogP) is 3.12. The van der Waals surface area contributed by atoms with Crippen molar-refractivity contribution in [3.05, 3.63) is 28.7 Å². The maximum atomic E-state index is 11.6. The Balaban J connectivity index is 1.97. The zero-order valence-corrected chi connectivity index (χ0v) is 10.1. The van der Waals surface area contributed by atoms with Crippen molar-refractivity contribution < 1.29 is 4.79 Å². The molecule has 1 aromatic rings. The molecule has 1 aromatic carbocycles. The molecule has 0 atom stereocenters. The first-order chi connectivity index (χ1) is 7.09. The smallest absolute Gasteiger partial charge is 0.319 e. The van der Waals surface area contributed by atoms with Crippen LogP contribution in [-0.2, 0) is 0 Å². The Kier molecular flexibility index (Phi) is 2.69. The second-order valence-corrected chi connectivity index (χ2v) is 4.97. The van der Waals surface area contributed by atoms with Crippen molar-refractivity contribution in [3.63, 3.8) is 0 Å². The molecule has 0 saturated heterocycles. The number of rotatable bonds is 2. The molecule has 0 unspecified atom stereocenters. The summed E-state index contributed by atoms with van der Waals surface area (Å²) in [6, 6.07) is 7.42. The number of urea groups is 1. The van der Waals surface area contributed by atoms with Crippen LogP contribution in [0.4, 0.5) is 10.5 Å². The third-order valence-corrected chi connectivity index (χ3v) is 3.23. The van der Waals surface area contributed by atoms with Gasteiger partial charge in [0, 0.05) is 10.0 Å². The summed E-state index contributed by atoms with van der Waals surface area (Å²) in [5, 5.41) is 5.74. The standard InChI is InChI=1S/C11H13BrN2O/c1-11(6-7-11)14-10(15)13-9-5-3-2-4-8(9)12/h2-5H,6-7H2,1H3,(H2,13,14,15). The maximum absolute atomic E-state index is 11.6. The molecule has 0 spiro atoms. The second kappa shape index (κ2) is 3.85. The number of amides is 2. The molecular formula is C11H13BrN2O. The number of benzene rings is 1. The van der Waals surface area contributed by atoms with Crippen LogP contribution in [0.5, 0.6) is 0 Å². The number of halogens is 1. The summed E-state index contributed by atoms with van der Waals surface area (Å²) < 4.78 is 0.890. The monoisotopic (exact) mass is 268 g/mol. The lowest BCUT2D eigenvalue weighted by molar-refractivity contribution is 0.248. The molecule has 3 nitrogen and oxygen atoms in total. The van der Waals surface area contributed by atoms with E-state index in [1.165, 1.54) is 0 Å². The second-order valence-electron chi connectivity index (χ2n) is 4.12. The first-order valence-corrected chi connectivity index (χ1v) is 5.72. The van der Waals surface area contributed by atoms with Crippen molar-refractivity contribution in [1.29, 1.82) is 0 Å². The Bertz CT molecular complexity index is 388. The zero-order chi connectivity index (χ0) is 10.9. The Labute approximate surface area is 97.4 Å². The number of hydrogen-bond donors (Lipinski definition) is 2. The van der Waals surface area contributed by atoms with Gasteiger partial charge in [-0.3, -0.25) is 0 Å². The summed E-state index contributed by atoms with van der Waals surface area (Å²) in [5.41, 5.74) is 0.810. The molecule has 0 radical (unpaired) electrons. The van der Waals surface area contributed by atoms with E-state index in [0.29, 0.717) is 0 Å². The van der Waals surface area contributed by atoms with E-state index in [-0.39, 0.29) is 11.6 Å². The maximum Gasteiger partial charge on any atom is 0.319 e. The molecule has 4 heteroatoms. The van der Waals surface area contributed by atoms with Gasteiger partial charge in [0.15, 0.2) is 0 Å². The van der Waals surface area contributed by atoms with Crippen LogP contribution in [0, 0.1) is 0 Å². The highest BCUT2D eigenvalue weighted by Crippen LogP contribution is 2.34. The summed E-state index contributed by atoms with van der Waals surface area (Å²) in [6.45, 7) is 2.05. The van der Waals surface area contributed by atoms with E-state index in [1.54, 1.807) is 0 Å². The minimum atomic E-state index is -0.137. The Morgan fingerprint density at radius 1 is 1.40 bits per heavy atom. The molecule has 2 N–H and O–H groups in total. The first kappa shape index (κ1) is 10.5. The number of anilines is 1. The summed E-state index contributed by atoms with van der Waals surface area (Å²) in [5.74, 6) is 0. The highest BCUT2D eigenvalue weighted by atomic mass is 79.9. The van der Waals surface area contributed by atoms with Crippen LogP contribution in [-0.4, -0.2) is 11.6 Å². The fraction of sp³-hybridized carbons (Fsp3) is 0.364. The Hall–Kier alpha value is -1.03. The molecule has 2 amide bonds. The molecule has 0 aromatic heterocycles. The van der Waals surface area contributed by atoms with Crippen molar-refractivity contribution in [2.45, 2.75) is 25.3 Å². The van der Waals surface area contributed by atoms with E-state index in [1.807, 2.05) is 31.2 Å². The van der Waals surface area contributed by atoms with Crippen LogP contribution < -0.4 is 10.6 Å². The quantitative estimate of drug-likeness (QED) is 0.850. The van der Waals surface area contributed by atoms with E-state index < -0.39 is 0 Å². The van der Waals surface area contributed by atoms with E-state index in [2.05, 4.69) is 26.6 Å². The molecule has 1 saturated carbocycles. The van der Waals surface area contributed by atoms with Crippen molar-refractivity contribution in [2.75, 3.05) is 5.32 Å². The summed E-state index contributed by atoms with van der Waals surface area (Å²) in [6.07, 6.45) is 2.13. The van der Waals surface area contributed by atoms with Gasteiger partial charge in [0.2, 0.25) is 0 Å². The number of hydrogen-bond acceptors (Lipinski definition) is 1. The van der Waals surface area contributed by atoms with Crippen LogP contribution in [0.2, 0.25) is 0 Å². The van der Waals surface area contributed by atoms with E-state index >= 15 is 0 Å². The van der Waals surface area contributed by atoms with Crippen LogP contribution in [0.15, 0.2) is 28.7 Å². The van der Waals surface area contributed by atoms with Crippen LogP contribution in [0.1, 0.15) is 19.8 Å². The highest BCUT2D eigenvalue weighted by Gasteiger charge is 2.38. The lowest BCUT2D eigenvalue weighted by Gasteiger charge is -2.13. The minimum Gasteiger partial charge on any atom is -0.333 e. The zero-order valence-electron chi connectivity index (χ0n) is 8.51. The Morgan fingerprint density at radius 3 is 2.67 bits per heavy atom. The van der Waals surface area contributed by atoms with Gasteiger partial charge in [0.1, 0.15) is 0 Å². The van der Waals surface area contributed by atoms with Gasteiger partial charge in [0.25, 0.3) is 0 Å². The van der Waals surface area contributed by atoms with E-state index in [9.17, 15) is 4.79 Å². The highest BCUT2D eigenvalue weighted by molar-refractivity contribution is 9.10. The topological polar surface area (TPSA) is 41.1 Å². The normalized spacial score (nSPS) is 16.9. The number of para-hydroxylation sites is 1. The van der Waals surface area contributed by atoms with Crippen LogP contribution in [0.3, 0.4) is 0 Å². The van der Waals surface area contributed by atoms with Gasteiger partial charge < -0.3 is 10.6 Å². The SMILES string of the molecule is CC1(NC(=O)Nc2ccccc2Br)CC1. The van der Waals surface area contributed by atoms with Gasteiger partial charge in [-0.05, 0) is 47.8 Å². The number of carbonyl (C=O) groups excluding carboxylic acids is 1. The fourth-order valence-corrected chi connectivity index (χ4v) is 1.69. The molecule has 0 bridgehead atoms. The molecule has 1 aliphatic carbocycles. The van der Waals surface area contributed by atoms with Crippen molar-refractivity contribution >= 4 is 27.6 Å². The van der Waals surface area contributed by atoms with Crippen molar-refractivity contribution in [1.82, 2.24) is 5.32 Å². The summed E-state index contributed by atoms with van der Waals surface area (Å²) in [4.78, 5) is 11.6. The van der Waals surface area contributed by atoms with Crippen molar-refractivity contribution in [3.8, 4) is 0 Å². The Morgan fingerprint density at radius 2 is 2.07 bits per heavy atom. The average molecular weight is 269 g/mol. The average Bonchev–Trinajstić information content (AvgIpc) is 2.87. The largest absolute Gasteiger partial charge is 0.333 e. The molecule has 80 valence electrons. The third-order valence-electron chi connectivity index (χ3n) is 2.54. The molecule has 15 heavy (non-hydrogen) atoms. The molecule has 0 aliphatic heterocycles. The van der Waals surface area contributed by atoms with E-state index in [4.69, 9.17) is 0 Å². The number of carbonyl (C=O) groups is 1. The molecule has 1 fully saturated rings. The third kappa shape index (κ3) is 2.72. The van der Waals surface area contributed by atoms with Gasteiger partial charge in [-0.15, -0.1) is 0 Å². The summed E-state index contributed by atoms with van der Waals surface area (Å²) in [7, 11) is 0. The summed E-state index contributed by atoms with van der Waals surface area (Å²) >= 11 is 3.38. The lowest BCUT2D eigenvalue weighted by atomic mass is 10.3. The van der Waals surface area contributed by atoms with Gasteiger partial charge >= 0.3 is 6.03 Å². The lowest BCUT2D eigenvalue weighted by Crippen LogP contribution is -2.37. The van der Waals surface area contributed by atoms with Crippen LogP contribution >= 0.6 is 15.9 Å². The molecule has 0 heterocycles. The van der Waals surface area contributed by atoms with Gasteiger partial charge in [-0.2, -0.15) is 0 Å². The van der Waals surface area contributed by atoms with Gasteiger partial charge in [-0.25, -0.2) is 4.79 Å². The van der Waals surface area contributed by atoms with Gasteiger partial charge in [0.05, 0.1) is 5.69 Å². The number of nitrogens with one attached hydrogen (secondary N) is 2. The first-order valence-electron chi connectivity index (χ1n) is 4.93. The molecule has 1 aliphatic rings.